The van der Waals surface area contributed by atoms with Crippen LogP contribution in [0.25, 0.3) is 0 Å². The number of nitrogens with one attached hydrogen (secondary N) is 1. The summed E-state index contributed by atoms with van der Waals surface area (Å²) in [5, 5.41) is 8.76. The number of nitriles is 1. The highest BCUT2D eigenvalue weighted by atomic mass is 127. The van der Waals surface area contributed by atoms with E-state index in [0.717, 1.165) is 21.3 Å². The molecule has 1 atom stereocenters. The molecule has 12 heteroatoms. The van der Waals surface area contributed by atoms with E-state index in [2.05, 4.69) is 4.72 Å². The van der Waals surface area contributed by atoms with Crippen LogP contribution in [0.1, 0.15) is 23.2 Å². The summed E-state index contributed by atoms with van der Waals surface area (Å²) in [7, 11) is -3.17. The molecule has 0 bridgehead atoms. The zero-order valence-electron chi connectivity index (χ0n) is 13.9. The Morgan fingerprint density at radius 2 is 2.07 bits per heavy atom. The maximum atomic E-state index is 14.1. The van der Waals surface area contributed by atoms with Crippen molar-refractivity contribution in [2.75, 3.05) is 4.72 Å². The van der Waals surface area contributed by atoms with Gasteiger partial charge in [-0.25, -0.2) is 12.8 Å². The Morgan fingerprint density at radius 3 is 2.64 bits per heavy atom. The minimum Gasteiger partial charge on any atom is -0.286 e. The molecule has 0 aliphatic heterocycles. The molecule has 5 nitrogen and oxygen atoms in total. The fourth-order valence-electron chi connectivity index (χ4n) is 3.11. The van der Waals surface area contributed by atoms with E-state index in [9.17, 15) is 26.0 Å². The Morgan fingerprint density at radius 1 is 1.36 bits per heavy atom. The van der Waals surface area contributed by atoms with Crippen molar-refractivity contribution in [1.82, 2.24) is 3.97 Å². The molecule has 3 rings (SSSR count). The predicted octanol–water partition coefficient (Wildman–Crippen LogP) is 4.81. The summed E-state index contributed by atoms with van der Waals surface area (Å²) in [4.78, 5) is -0.170. The van der Waals surface area contributed by atoms with Crippen LogP contribution in [0.4, 0.5) is 23.2 Å². The molecule has 0 spiro atoms. The van der Waals surface area contributed by atoms with Gasteiger partial charge in [-0.05, 0) is 36.6 Å². The molecule has 0 amide bonds. The van der Waals surface area contributed by atoms with Gasteiger partial charge < -0.3 is 0 Å². The molecule has 0 radical (unpaired) electrons. The fourth-order valence-corrected chi connectivity index (χ4v) is 6.00. The fraction of sp³-hybridized carbons (Fsp3) is 0.312. The lowest BCUT2D eigenvalue weighted by Gasteiger charge is -2.25. The van der Waals surface area contributed by atoms with Crippen LogP contribution in [0.2, 0.25) is 0 Å². The molecule has 0 saturated carbocycles. The number of hydrogen-bond donors (Lipinski definition) is 1. The Kier molecular flexibility index (Phi) is 5.88. The molecule has 0 fully saturated rings. The van der Waals surface area contributed by atoms with Crippen LogP contribution in [0.15, 0.2) is 29.3 Å². The van der Waals surface area contributed by atoms with E-state index in [-0.39, 0.29) is 35.4 Å². The number of benzene rings is 1. The maximum absolute atomic E-state index is 14.1. The molecular formula is C16H12F4IN3O2S2. The smallest absolute Gasteiger partial charge is 0.286 e. The largest absolute Gasteiger partial charge is 0.392 e. The van der Waals surface area contributed by atoms with Crippen molar-refractivity contribution in [3.05, 3.63) is 47.0 Å². The third kappa shape index (κ3) is 4.11. The lowest BCUT2D eigenvalue weighted by Crippen LogP contribution is -2.29. The van der Waals surface area contributed by atoms with Crippen LogP contribution < -0.4 is 4.72 Å². The van der Waals surface area contributed by atoms with Gasteiger partial charge in [-0.2, -0.15) is 18.4 Å². The number of rotatable bonds is 4. The second-order valence-corrected chi connectivity index (χ2v) is 9.57. The molecule has 1 unspecified atom stereocenters. The van der Waals surface area contributed by atoms with Gasteiger partial charge >= 0.3 is 6.18 Å². The Balaban J connectivity index is 1.98. The summed E-state index contributed by atoms with van der Waals surface area (Å²) in [5.41, 5.74) is 0.301. The molecule has 2 aromatic rings. The summed E-state index contributed by atoms with van der Waals surface area (Å²) in [6, 6.07) is 5.02. The molecule has 28 heavy (non-hydrogen) atoms. The number of alkyl halides is 3. The molecule has 1 N–H and O–H groups in total. The van der Waals surface area contributed by atoms with E-state index in [1.807, 2.05) is 21.2 Å². The standard InChI is InChI=1S/C16H12F4IN3O2S2/c17-12-5-9(7-22)1-4-13(12)23-28(25,26)15-8-24(27-21)14-6-10(16(18,19)20)2-3-11(14)15/h1,4-5,8,10,23H,2-3,6H2. The molecule has 1 heterocycles. The maximum Gasteiger partial charge on any atom is 0.392 e. The summed E-state index contributed by atoms with van der Waals surface area (Å²) in [5.74, 6) is -2.45. The topological polar surface area (TPSA) is 74.9 Å². The van der Waals surface area contributed by atoms with Gasteiger partial charge in [0.1, 0.15) is 10.7 Å². The van der Waals surface area contributed by atoms with Crippen molar-refractivity contribution in [2.24, 2.45) is 5.92 Å². The third-order valence-corrected chi connectivity index (χ3v) is 7.67. The minimum atomic E-state index is -4.36. The van der Waals surface area contributed by atoms with E-state index in [4.69, 9.17) is 5.26 Å². The molecule has 1 aliphatic carbocycles. The molecule has 0 saturated heterocycles. The first-order valence-electron chi connectivity index (χ1n) is 7.88. The van der Waals surface area contributed by atoms with Crippen molar-refractivity contribution < 1.29 is 26.0 Å². The summed E-state index contributed by atoms with van der Waals surface area (Å²) < 4.78 is 82.5. The van der Waals surface area contributed by atoms with Crippen molar-refractivity contribution in [3.8, 4) is 6.07 Å². The van der Waals surface area contributed by atoms with Gasteiger partial charge in [0.05, 0.1) is 23.2 Å². The Labute approximate surface area is 174 Å². The number of nitrogens with zero attached hydrogens (tertiary/aromatic N) is 2. The number of anilines is 1. The quantitative estimate of drug-likeness (QED) is 0.442. The van der Waals surface area contributed by atoms with Crippen LogP contribution in [-0.4, -0.2) is 18.6 Å². The summed E-state index contributed by atoms with van der Waals surface area (Å²) in [6.45, 7) is 0. The lowest BCUT2D eigenvalue weighted by molar-refractivity contribution is -0.177. The highest BCUT2D eigenvalue weighted by molar-refractivity contribution is 14.2. The highest BCUT2D eigenvalue weighted by Crippen LogP contribution is 2.41. The van der Waals surface area contributed by atoms with Crippen molar-refractivity contribution in [2.45, 2.75) is 30.3 Å². The van der Waals surface area contributed by atoms with Crippen molar-refractivity contribution >= 4 is 46.0 Å². The molecule has 1 aromatic carbocycles. The van der Waals surface area contributed by atoms with E-state index < -0.39 is 27.9 Å². The van der Waals surface area contributed by atoms with Crippen molar-refractivity contribution in [1.29, 1.82) is 5.26 Å². The second kappa shape index (κ2) is 7.75. The van der Waals surface area contributed by atoms with Crippen molar-refractivity contribution in [3.63, 3.8) is 0 Å². The average Bonchev–Trinajstić information content (AvgIpc) is 3.01. The molecule has 150 valence electrons. The highest BCUT2D eigenvalue weighted by Gasteiger charge is 2.43. The van der Waals surface area contributed by atoms with E-state index >= 15 is 0 Å². The Hall–Kier alpha value is -1.46. The van der Waals surface area contributed by atoms with Crippen LogP contribution in [0, 0.1) is 23.1 Å². The number of hydrogen-bond acceptors (Lipinski definition) is 4. The Bertz CT molecular complexity index is 1060. The first-order valence-corrected chi connectivity index (χ1v) is 12.7. The molecule has 1 aromatic heterocycles. The van der Waals surface area contributed by atoms with E-state index in [1.54, 1.807) is 6.07 Å². The normalized spacial score (nSPS) is 17.1. The molecular weight excluding hydrogens is 533 g/mol. The van der Waals surface area contributed by atoms with Gasteiger partial charge in [-0.3, -0.25) is 8.69 Å². The van der Waals surface area contributed by atoms with Gasteiger partial charge in [0.15, 0.2) is 0 Å². The van der Waals surface area contributed by atoms with Gasteiger partial charge in [0, 0.05) is 48.6 Å². The van der Waals surface area contributed by atoms with Crippen LogP contribution in [-0.2, 0) is 22.9 Å². The van der Waals surface area contributed by atoms with E-state index in [1.165, 1.54) is 16.2 Å². The van der Waals surface area contributed by atoms with Gasteiger partial charge in [-0.15, -0.1) is 0 Å². The second-order valence-electron chi connectivity index (χ2n) is 6.21. The lowest BCUT2D eigenvalue weighted by atomic mass is 9.87. The van der Waals surface area contributed by atoms with Crippen LogP contribution in [0.3, 0.4) is 0 Å². The van der Waals surface area contributed by atoms with Gasteiger partial charge in [0.2, 0.25) is 0 Å². The third-order valence-electron chi connectivity index (χ3n) is 4.50. The average molecular weight is 545 g/mol. The van der Waals surface area contributed by atoms with Gasteiger partial charge in [-0.1, -0.05) is 0 Å². The number of halogens is 5. The zero-order valence-corrected chi connectivity index (χ0v) is 17.7. The van der Waals surface area contributed by atoms with E-state index in [0.29, 0.717) is 11.3 Å². The minimum absolute atomic E-state index is 0.0310. The summed E-state index contributed by atoms with van der Waals surface area (Å²) >= 11 is 1.86. The monoisotopic (exact) mass is 545 g/mol. The number of fused-ring (bicyclic) bond motifs is 1. The van der Waals surface area contributed by atoms with Gasteiger partial charge in [0.25, 0.3) is 10.0 Å². The number of aromatic nitrogens is 1. The SMILES string of the molecule is N#Cc1ccc(NS(=O)(=O)c2cn(SI)c3c2CCC(C(F)(F)F)C3)c(F)c1. The zero-order chi connectivity index (χ0) is 20.7. The molecule has 1 aliphatic rings. The van der Waals surface area contributed by atoms with Crippen LogP contribution >= 0.6 is 30.3 Å². The summed E-state index contributed by atoms with van der Waals surface area (Å²) in [6.07, 6.45) is -3.67. The first-order chi connectivity index (χ1) is 13.1. The number of sulfonamides is 1. The first kappa shape index (κ1) is 21.3. The predicted molar refractivity (Wildman–Crippen MR) is 105 cm³/mol. The van der Waals surface area contributed by atoms with Crippen LogP contribution in [0.5, 0.6) is 0 Å².